The number of likely N-dealkylation sites (N-methyl/N-ethyl adjacent to an activating group) is 1. The Morgan fingerprint density at radius 1 is 1.47 bits per heavy atom. The van der Waals surface area contributed by atoms with Gasteiger partial charge in [0.2, 0.25) is 11.2 Å². The zero-order chi connectivity index (χ0) is 13.6. The highest BCUT2D eigenvalue weighted by atomic mass is 35.5. The van der Waals surface area contributed by atoms with E-state index in [1.54, 1.807) is 25.3 Å². The molecule has 1 aliphatic heterocycles. The van der Waals surface area contributed by atoms with Crippen LogP contribution in [0.15, 0.2) is 6.20 Å². The highest BCUT2D eigenvalue weighted by Crippen LogP contribution is 2.48. The van der Waals surface area contributed by atoms with Gasteiger partial charge >= 0.3 is 0 Å². The first-order valence-corrected chi connectivity index (χ1v) is 6.80. The fourth-order valence-electron chi connectivity index (χ4n) is 3.25. The van der Waals surface area contributed by atoms with Crippen LogP contribution in [0.3, 0.4) is 0 Å². The highest BCUT2D eigenvalue weighted by molar-refractivity contribution is 6.28. The summed E-state index contributed by atoms with van der Waals surface area (Å²) in [5.74, 6) is 0.105. The average molecular weight is 282 g/mol. The first-order valence-electron chi connectivity index (χ1n) is 6.42. The molecule has 0 aromatic carbocycles. The predicted molar refractivity (Wildman–Crippen MR) is 71.4 cm³/mol. The number of hydrogen-bond acceptors (Lipinski definition) is 4. The number of carbonyl (C=O) groups is 1. The normalized spacial score (nSPS) is 29.9. The van der Waals surface area contributed by atoms with Crippen LogP contribution in [0.25, 0.3) is 0 Å². The van der Waals surface area contributed by atoms with Gasteiger partial charge in [0, 0.05) is 14.2 Å². The Hall–Kier alpha value is -1.20. The van der Waals surface area contributed by atoms with Crippen LogP contribution in [0.2, 0.25) is 5.28 Å². The zero-order valence-electron chi connectivity index (χ0n) is 11.0. The van der Waals surface area contributed by atoms with Crippen LogP contribution in [-0.2, 0) is 14.9 Å². The molecule has 6 heteroatoms. The maximum Gasteiger partial charge on any atom is 0.239 e. The van der Waals surface area contributed by atoms with Gasteiger partial charge in [-0.05, 0) is 37.3 Å². The van der Waals surface area contributed by atoms with Gasteiger partial charge in [0.05, 0.1) is 29.1 Å². The standard InChI is InChI=1S/C13H16ClN3O2/c1-17-9-7-15-12(14)16-10(9)13(11(17)18)5-3-8(19-2)4-6-13/h7-8H,3-6H2,1-2H3. The summed E-state index contributed by atoms with van der Waals surface area (Å²) >= 11 is 5.90. The lowest BCUT2D eigenvalue weighted by atomic mass is 9.71. The number of methoxy groups -OCH3 is 1. The molecule has 102 valence electrons. The molecule has 1 fully saturated rings. The molecule has 0 bridgehead atoms. The van der Waals surface area contributed by atoms with E-state index in [9.17, 15) is 4.79 Å². The molecule has 2 heterocycles. The summed E-state index contributed by atoms with van der Waals surface area (Å²) in [6.45, 7) is 0. The second kappa shape index (κ2) is 4.42. The number of carbonyl (C=O) groups excluding carboxylic acids is 1. The molecule has 5 nitrogen and oxygen atoms in total. The molecule has 3 rings (SSSR count). The maximum absolute atomic E-state index is 12.6. The van der Waals surface area contributed by atoms with Gasteiger partial charge in [0.1, 0.15) is 0 Å². The smallest absolute Gasteiger partial charge is 0.239 e. The van der Waals surface area contributed by atoms with Crippen LogP contribution in [0.4, 0.5) is 5.69 Å². The van der Waals surface area contributed by atoms with Crippen LogP contribution in [0, 0.1) is 0 Å². The molecule has 1 aliphatic carbocycles. The predicted octanol–water partition coefficient (Wildman–Crippen LogP) is 1.93. The van der Waals surface area contributed by atoms with Gasteiger partial charge in [-0.15, -0.1) is 0 Å². The quantitative estimate of drug-likeness (QED) is 0.738. The van der Waals surface area contributed by atoms with Crippen molar-refractivity contribution in [2.24, 2.45) is 0 Å². The lowest BCUT2D eigenvalue weighted by Crippen LogP contribution is -2.43. The van der Waals surface area contributed by atoms with E-state index >= 15 is 0 Å². The lowest BCUT2D eigenvalue weighted by Gasteiger charge is -2.34. The minimum Gasteiger partial charge on any atom is -0.381 e. The molecule has 0 radical (unpaired) electrons. The summed E-state index contributed by atoms with van der Waals surface area (Å²) in [4.78, 5) is 22.6. The first kappa shape index (κ1) is 12.8. The van der Waals surface area contributed by atoms with Gasteiger partial charge in [-0.2, -0.15) is 0 Å². The molecule has 1 spiro atoms. The number of ether oxygens (including phenoxy) is 1. The third kappa shape index (κ3) is 1.75. The zero-order valence-corrected chi connectivity index (χ0v) is 11.8. The Bertz CT molecular complexity index is 527. The van der Waals surface area contributed by atoms with Crippen molar-refractivity contribution in [3.05, 3.63) is 17.2 Å². The van der Waals surface area contributed by atoms with Crippen molar-refractivity contribution < 1.29 is 9.53 Å². The van der Waals surface area contributed by atoms with Gasteiger partial charge in [-0.25, -0.2) is 9.97 Å². The van der Waals surface area contributed by atoms with E-state index < -0.39 is 5.41 Å². The molecule has 0 atom stereocenters. The van der Waals surface area contributed by atoms with Gasteiger partial charge in [0.25, 0.3) is 0 Å². The third-order valence-electron chi connectivity index (χ3n) is 4.39. The van der Waals surface area contributed by atoms with Gasteiger partial charge < -0.3 is 9.64 Å². The van der Waals surface area contributed by atoms with Crippen molar-refractivity contribution in [3.8, 4) is 0 Å². The highest BCUT2D eigenvalue weighted by Gasteiger charge is 2.52. The Kier molecular flexibility index (Phi) is 2.98. The molecule has 19 heavy (non-hydrogen) atoms. The van der Waals surface area contributed by atoms with Gasteiger partial charge in [-0.3, -0.25) is 4.79 Å². The molecular weight excluding hydrogens is 266 g/mol. The van der Waals surface area contributed by atoms with Crippen LogP contribution in [-0.4, -0.2) is 36.1 Å². The van der Waals surface area contributed by atoms with E-state index in [2.05, 4.69) is 9.97 Å². The maximum atomic E-state index is 12.6. The summed E-state index contributed by atoms with van der Waals surface area (Å²) in [6, 6.07) is 0. The van der Waals surface area contributed by atoms with Crippen molar-refractivity contribution in [2.75, 3.05) is 19.1 Å². The fourth-order valence-corrected chi connectivity index (χ4v) is 3.39. The molecule has 1 aromatic heterocycles. The summed E-state index contributed by atoms with van der Waals surface area (Å²) in [7, 11) is 3.49. The molecule has 1 saturated carbocycles. The Labute approximate surface area is 116 Å². The van der Waals surface area contributed by atoms with E-state index in [-0.39, 0.29) is 17.3 Å². The van der Waals surface area contributed by atoms with Gasteiger partial charge in [0.15, 0.2) is 0 Å². The number of anilines is 1. The molecule has 0 unspecified atom stereocenters. The number of rotatable bonds is 1. The molecular formula is C13H16ClN3O2. The Morgan fingerprint density at radius 3 is 2.79 bits per heavy atom. The van der Waals surface area contributed by atoms with Crippen LogP contribution in [0.1, 0.15) is 31.4 Å². The number of amides is 1. The number of hydrogen-bond donors (Lipinski definition) is 0. The largest absolute Gasteiger partial charge is 0.381 e. The van der Waals surface area contributed by atoms with Crippen LogP contribution < -0.4 is 4.90 Å². The number of fused-ring (bicyclic) bond motifs is 2. The van der Waals surface area contributed by atoms with E-state index in [0.29, 0.717) is 0 Å². The van der Waals surface area contributed by atoms with E-state index in [1.807, 2.05) is 0 Å². The monoisotopic (exact) mass is 281 g/mol. The average Bonchev–Trinajstić information content (AvgIpc) is 2.63. The minimum absolute atomic E-state index is 0.105. The molecule has 1 amide bonds. The van der Waals surface area contributed by atoms with Crippen molar-refractivity contribution in [1.82, 2.24) is 9.97 Å². The van der Waals surface area contributed by atoms with E-state index in [1.165, 1.54) is 0 Å². The second-order valence-corrected chi connectivity index (χ2v) is 5.59. The Morgan fingerprint density at radius 2 is 2.16 bits per heavy atom. The summed E-state index contributed by atoms with van der Waals surface area (Å²) in [6.07, 6.45) is 5.14. The summed E-state index contributed by atoms with van der Waals surface area (Å²) in [5, 5.41) is 0.204. The number of halogens is 1. The molecule has 2 aliphatic rings. The van der Waals surface area contributed by atoms with Crippen molar-refractivity contribution in [2.45, 2.75) is 37.2 Å². The lowest BCUT2D eigenvalue weighted by molar-refractivity contribution is -0.125. The Balaban J connectivity index is 2.03. The van der Waals surface area contributed by atoms with Crippen molar-refractivity contribution in [3.63, 3.8) is 0 Å². The number of nitrogens with zero attached hydrogens (tertiary/aromatic N) is 3. The summed E-state index contributed by atoms with van der Waals surface area (Å²) < 4.78 is 5.38. The molecule has 0 N–H and O–H groups in total. The first-order chi connectivity index (χ1) is 9.08. The third-order valence-corrected chi connectivity index (χ3v) is 4.57. The topological polar surface area (TPSA) is 55.3 Å². The second-order valence-electron chi connectivity index (χ2n) is 5.25. The molecule has 0 saturated heterocycles. The van der Waals surface area contributed by atoms with Crippen LogP contribution >= 0.6 is 11.6 Å². The minimum atomic E-state index is -0.522. The van der Waals surface area contributed by atoms with Gasteiger partial charge in [-0.1, -0.05) is 0 Å². The van der Waals surface area contributed by atoms with E-state index in [0.717, 1.165) is 37.1 Å². The molecule has 1 aromatic rings. The van der Waals surface area contributed by atoms with Crippen molar-refractivity contribution >= 4 is 23.2 Å². The van der Waals surface area contributed by atoms with E-state index in [4.69, 9.17) is 16.3 Å². The SMILES string of the molecule is COC1CCC2(CC1)C(=O)N(C)c1cnc(Cl)nc12. The summed E-state index contributed by atoms with van der Waals surface area (Å²) in [5.41, 5.74) is 1.05. The number of aromatic nitrogens is 2. The van der Waals surface area contributed by atoms with Crippen LogP contribution in [0.5, 0.6) is 0 Å². The van der Waals surface area contributed by atoms with Crippen molar-refractivity contribution in [1.29, 1.82) is 0 Å². The fraction of sp³-hybridized carbons (Fsp3) is 0.615.